The number of ether oxygens (including phenoxy) is 3. The highest BCUT2D eigenvalue weighted by Gasteiger charge is 2.09. The van der Waals surface area contributed by atoms with E-state index in [1.807, 2.05) is 0 Å². The number of nitrogens with zero attached hydrogens (tertiary/aromatic N) is 1. The molecule has 1 aliphatic heterocycles. The van der Waals surface area contributed by atoms with Gasteiger partial charge in [0.1, 0.15) is 12.4 Å². The van der Waals surface area contributed by atoms with Crippen LogP contribution in [0.15, 0.2) is 18.2 Å². The van der Waals surface area contributed by atoms with Gasteiger partial charge in [-0.05, 0) is 37.1 Å². The summed E-state index contributed by atoms with van der Waals surface area (Å²) in [7, 11) is 0. The minimum Gasteiger partial charge on any atom is -0.491 e. The van der Waals surface area contributed by atoms with Crippen molar-refractivity contribution in [2.75, 3.05) is 52.7 Å². The predicted octanol–water partition coefficient (Wildman–Crippen LogP) is 2.03. The molecule has 1 aromatic carbocycles. The van der Waals surface area contributed by atoms with Crippen molar-refractivity contribution in [2.24, 2.45) is 0 Å². The van der Waals surface area contributed by atoms with Gasteiger partial charge in [-0.1, -0.05) is 6.07 Å². The molecule has 0 unspecified atom stereocenters. The summed E-state index contributed by atoms with van der Waals surface area (Å²) < 4.78 is 16.6. The molecule has 1 aliphatic rings. The first-order valence-corrected chi connectivity index (χ1v) is 7.33. The van der Waals surface area contributed by atoms with Crippen LogP contribution < -0.4 is 4.74 Å². The fraction of sp³-hybridized carbons (Fsp3) is 0.625. The van der Waals surface area contributed by atoms with Gasteiger partial charge in [-0.2, -0.15) is 0 Å². The summed E-state index contributed by atoms with van der Waals surface area (Å²) in [6, 6.07) is 6.26. The van der Waals surface area contributed by atoms with Crippen molar-refractivity contribution in [1.82, 2.24) is 4.90 Å². The molecular weight excluding hydrogens is 254 g/mol. The van der Waals surface area contributed by atoms with Gasteiger partial charge < -0.3 is 14.2 Å². The topological polar surface area (TPSA) is 30.9 Å². The first-order chi connectivity index (χ1) is 9.74. The Morgan fingerprint density at radius 3 is 2.40 bits per heavy atom. The minimum absolute atomic E-state index is 0.603. The van der Waals surface area contributed by atoms with Crippen molar-refractivity contribution < 1.29 is 14.2 Å². The van der Waals surface area contributed by atoms with E-state index < -0.39 is 0 Å². The molecule has 1 fully saturated rings. The highest BCUT2D eigenvalue weighted by Crippen LogP contribution is 2.15. The Morgan fingerprint density at radius 1 is 1.00 bits per heavy atom. The van der Waals surface area contributed by atoms with Gasteiger partial charge in [0.15, 0.2) is 0 Å². The van der Waals surface area contributed by atoms with Gasteiger partial charge >= 0.3 is 0 Å². The number of hydrogen-bond acceptors (Lipinski definition) is 4. The third-order valence-electron chi connectivity index (χ3n) is 3.35. The molecule has 0 saturated carbocycles. The standard InChI is InChI=1S/C16H25NO3/c1-14-11-15(2)13-16(12-14)20-10-9-19-8-5-17-3-6-18-7-4-17/h11-13H,3-10H2,1-2H3. The van der Waals surface area contributed by atoms with Crippen LogP contribution in [0.1, 0.15) is 11.1 Å². The van der Waals surface area contributed by atoms with Crippen molar-refractivity contribution in [3.63, 3.8) is 0 Å². The molecule has 0 amide bonds. The molecule has 0 N–H and O–H groups in total. The smallest absolute Gasteiger partial charge is 0.119 e. The predicted molar refractivity (Wildman–Crippen MR) is 79.5 cm³/mol. The molecule has 4 nitrogen and oxygen atoms in total. The van der Waals surface area contributed by atoms with E-state index in [9.17, 15) is 0 Å². The second kappa shape index (κ2) is 8.25. The number of rotatable bonds is 7. The van der Waals surface area contributed by atoms with Crippen LogP contribution in [0.5, 0.6) is 5.75 Å². The van der Waals surface area contributed by atoms with Gasteiger partial charge in [0, 0.05) is 19.6 Å². The van der Waals surface area contributed by atoms with Gasteiger partial charge in [0.05, 0.1) is 26.4 Å². The second-order valence-corrected chi connectivity index (χ2v) is 5.24. The molecule has 112 valence electrons. The summed E-state index contributed by atoms with van der Waals surface area (Å²) in [5, 5.41) is 0. The van der Waals surface area contributed by atoms with Crippen LogP contribution in [-0.4, -0.2) is 57.6 Å². The van der Waals surface area contributed by atoms with Gasteiger partial charge in [-0.25, -0.2) is 0 Å². The first-order valence-electron chi connectivity index (χ1n) is 7.33. The Bertz CT molecular complexity index is 382. The van der Waals surface area contributed by atoms with E-state index in [4.69, 9.17) is 14.2 Å². The molecule has 4 heteroatoms. The van der Waals surface area contributed by atoms with E-state index in [1.165, 1.54) is 11.1 Å². The molecular formula is C16H25NO3. The Morgan fingerprint density at radius 2 is 1.70 bits per heavy atom. The Labute approximate surface area is 121 Å². The summed E-state index contributed by atoms with van der Waals surface area (Å²) in [6.07, 6.45) is 0. The Kier molecular flexibility index (Phi) is 6.30. The van der Waals surface area contributed by atoms with Crippen molar-refractivity contribution in [2.45, 2.75) is 13.8 Å². The van der Waals surface area contributed by atoms with Crippen molar-refractivity contribution in [3.05, 3.63) is 29.3 Å². The van der Waals surface area contributed by atoms with E-state index in [-0.39, 0.29) is 0 Å². The lowest BCUT2D eigenvalue weighted by atomic mass is 10.1. The SMILES string of the molecule is Cc1cc(C)cc(OCCOCCN2CCOCC2)c1. The van der Waals surface area contributed by atoms with Crippen LogP contribution in [0.2, 0.25) is 0 Å². The fourth-order valence-electron chi connectivity index (χ4n) is 2.36. The van der Waals surface area contributed by atoms with Crippen LogP contribution in [0.25, 0.3) is 0 Å². The van der Waals surface area contributed by atoms with E-state index in [1.54, 1.807) is 0 Å². The average Bonchev–Trinajstić information content (AvgIpc) is 2.43. The zero-order valence-electron chi connectivity index (χ0n) is 12.6. The summed E-state index contributed by atoms with van der Waals surface area (Å²) in [5.74, 6) is 0.930. The zero-order valence-corrected chi connectivity index (χ0v) is 12.6. The highest BCUT2D eigenvalue weighted by molar-refractivity contribution is 5.32. The highest BCUT2D eigenvalue weighted by atomic mass is 16.5. The molecule has 0 bridgehead atoms. The lowest BCUT2D eigenvalue weighted by Crippen LogP contribution is -2.38. The quantitative estimate of drug-likeness (QED) is 0.715. The van der Waals surface area contributed by atoms with Gasteiger partial charge in [-0.3, -0.25) is 4.90 Å². The molecule has 2 rings (SSSR count). The lowest BCUT2D eigenvalue weighted by molar-refractivity contribution is 0.0170. The monoisotopic (exact) mass is 279 g/mol. The summed E-state index contributed by atoms with van der Waals surface area (Å²) in [6.45, 7) is 10.9. The maximum absolute atomic E-state index is 5.70. The van der Waals surface area contributed by atoms with E-state index in [2.05, 4.69) is 36.9 Å². The molecule has 1 heterocycles. The van der Waals surface area contributed by atoms with Gasteiger partial charge in [0.2, 0.25) is 0 Å². The van der Waals surface area contributed by atoms with Crippen molar-refractivity contribution in [1.29, 1.82) is 0 Å². The largest absolute Gasteiger partial charge is 0.491 e. The molecule has 0 radical (unpaired) electrons. The third-order valence-corrected chi connectivity index (χ3v) is 3.35. The summed E-state index contributed by atoms with van der Waals surface area (Å²) in [5.41, 5.74) is 2.46. The van der Waals surface area contributed by atoms with Crippen molar-refractivity contribution >= 4 is 0 Å². The van der Waals surface area contributed by atoms with E-state index in [0.717, 1.165) is 45.2 Å². The second-order valence-electron chi connectivity index (χ2n) is 5.24. The van der Waals surface area contributed by atoms with Crippen LogP contribution in [0.3, 0.4) is 0 Å². The van der Waals surface area contributed by atoms with Crippen LogP contribution in [0.4, 0.5) is 0 Å². The van der Waals surface area contributed by atoms with Crippen LogP contribution in [-0.2, 0) is 9.47 Å². The lowest BCUT2D eigenvalue weighted by Gasteiger charge is -2.26. The minimum atomic E-state index is 0.603. The fourth-order valence-corrected chi connectivity index (χ4v) is 2.36. The Balaban J connectivity index is 1.54. The molecule has 1 saturated heterocycles. The molecule has 20 heavy (non-hydrogen) atoms. The van der Waals surface area contributed by atoms with E-state index >= 15 is 0 Å². The van der Waals surface area contributed by atoms with Gasteiger partial charge in [0.25, 0.3) is 0 Å². The van der Waals surface area contributed by atoms with E-state index in [0.29, 0.717) is 13.2 Å². The zero-order chi connectivity index (χ0) is 14.2. The molecule has 0 spiro atoms. The van der Waals surface area contributed by atoms with Crippen LogP contribution >= 0.6 is 0 Å². The number of morpholine rings is 1. The maximum atomic E-state index is 5.70. The average molecular weight is 279 g/mol. The molecule has 1 aromatic rings. The molecule has 0 aromatic heterocycles. The number of aryl methyl sites for hydroxylation is 2. The summed E-state index contributed by atoms with van der Waals surface area (Å²) >= 11 is 0. The third kappa shape index (κ3) is 5.49. The Hall–Kier alpha value is -1.10. The summed E-state index contributed by atoms with van der Waals surface area (Å²) in [4.78, 5) is 2.37. The van der Waals surface area contributed by atoms with Gasteiger partial charge in [-0.15, -0.1) is 0 Å². The maximum Gasteiger partial charge on any atom is 0.119 e. The number of benzene rings is 1. The number of hydrogen-bond donors (Lipinski definition) is 0. The normalized spacial score (nSPS) is 16.3. The first kappa shape index (κ1) is 15.3. The molecule has 0 aliphatic carbocycles. The van der Waals surface area contributed by atoms with Crippen LogP contribution in [0, 0.1) is 13.8 Å². The molecule has 0 atom stereocenters. The van der Waals surface area contributed by atoms with Crippen molar-refractivity contribution in [3.8, 4) is 5.75 Å².